The summed E-state index contributed by atoms with van der Waals surface area (Å²) in [6, 6.07) is 14.2. The maximum atomic E-state index is 12.5. The molecule has 1 fully saturated rings. The van der Waals surface area contributed by atoms with E-state index in [-0.39, 0.29) is 30.1 Å². The zero-order chi connectivity index (χ0) is 19.4. The summed E-state index contributed by atoms with van der Waals surface area (Å²) in [4.78, 5) is 38.2. The van der Waals surface area contributed by atoms with E-state index in [0.717, 1.165) is 27.8 Å². The highest BCUT2D eigenvalue weighted by atomic mass is 35.5. The molecule has 0 unspecified atom stereocenters. The molecule has 0 aromatic heterocycles. The standard InChI is InChI=1S/C20H17ClN2O3S/c1-13-3-2-4-15(11-13)18(24)22-9-10-23-19(25)17(27-20(23)26)12-14-5-7-16(21)8-6-14/h2-8,11-12H,9-10H2,1H3,(H,22,24)/b17-12+. The second-order valence-corrected chi connectivity index (χ2v) is 7.44. The molecule has 27 heavy (non-hydrogen) atoms. The average Bonchev–Trinajstić information content (AvgIpc) is 2.91. The van der Waals surface area contributed by atoms with Crippen LogP contribution in [-0.4, -0.2) is 35.0 Å². The number of rotatable bonds is 5. The highest BCUT2D eigenvalue weighted by Crippen LogP contribution is 2.32. The fourth-order valence-corrected chi connectivity index (χ4v) is 3.56. The van der Waals surface area contributed by atoms with Gasteiger partial charge in [-0.15, -0.1) is 0 Å². The molecular formula is C20H17ClN2O3S. The number of imide groups is 1. The molecule has 1 N–H and O–H groups in total. The van der Waals surface area contributed by atoms with E-state index in [1.807, 2.05) is 19.1 Å². The van der Waals surface area contributed by atoms with Crippen molar-refractivity contribution in [1.29, 1.82) is 0 Å². The van der Waals surface area contributed by atoms with E-state index < -0.39 is 0 Å². The van der Waals surface area contributed by atoms with Gasteiger partial charge in [-0.25, -0.2) is 0 Å². The Hall–Kier alpha value is -2.57. The molecule has 3 amide bonds. The van der Waals surface area contributed by atoms with Crippen molar-refractivity contribution >= 4 is 46.5 Å². The largest absolute Gasteiger partial charge is 0.350 e. The molecule has 0 radical (unpaired) electrons. The molecule has 1 heterocycles. The zero-order valence-electron chi connectivity index (χ0n) is 14.6. The number of benzene rings is 2. The van der Waals surface area contributed by atoms with Crippen LogP contribution in [0.4, 0.5) is 4.79 Å². The zero-order valence-corrected chi connectivity index (χ0v) is 16.1. The smallest absolute Gasteiger partial charge is 0.293 e. The highest BCUT2D eigenvalue weighted by Gasteiger charge is 2.34. The molecule has 0 saturated carbocycles. The predicted octanol–water partition coefficient (Wildman–Crippen LogP) is 4.11. The predicted molar refractivity (Wildman–Crippen MR) is 108 cm³/mol. The van der Waals surface area contributed by atoms with Gasteiger partial charge >= 0.3 is 0 Å². The van der Waals surface area contributed by atoms with Crippen molar-refractivity contribution in [3.63, 3.8) is 0 Å². The lowest BCUT2D eigenvalue weighted by atomic mass is 10.1. The van der Waals surface area contributed by atoms with Crippen molar-refractivity contribution in [1.82, 2.24) is 10.2 Å². The van der Waals surface area contributed by atoms with Crippen molar-refractivity contribution in [3.05, 3.63) is 75.1 Å². The van der Waals surface area contributed by atoms with E-state index in [4.69, 9.17) is 11.6 Å². The van der Waals surface area contributed by atoms with Crippen molar-refractivity contribution in [2.45, 2.75) is 6.92 Å². The molecular weight excluding hydrogens is 384 g/mol. The fraction of sp³-hybridized carbons (Fsp3) is 0.150. The van der Waals surface area contributed by atoms with E-state index >= 15 is 0 Å². The second kappa shape index (κ2) is 8.41. The van der Waals surface area contributed by atoms with Gasteiger partial charge in [0.2, 0.25) is 0 Å². The monoisotopic (exact) mass is 400 g/mol. The molecule has 3 rings (SSSR count). The van der Waals surface area contributed by atoms with Crippen LogP contribution in [0, 0.1) is 6.92 Å². The summed E-state index contributed by atoms with van der Waals surface area (Å²) >= 11 is 6.74. The van der Waals surface area contributed by atoms with Gasteiger partial charge in [-0.05, 0) is 54.6 Å². The summed E-state index contributed by atoms with van der Waals surface area (Å²) in [6.45, 7) is 2.23. The van der Waals surface area contributed by atoms with Gasteiger partial charge in [0, 0.05) is 23.7 Å². The molecule has 1 saturated heterocycles. The van der Waals surface area contributed by atoms with E-state index in [1.54, 1.807) is 42.5 Å². The lowest BCUT2D eigenvalue weighted by Crippen LogP contribution is -2.37. The Bertz CT molecular complexity index is 925. The maximum Gasteiger partial charge on any atom is 0.293 e. The molecule has 0 atom stereocenters. The molecule has 1 aliphatic heterocycles. The van der Waals surface area contributed by atoms with Gasteiger partial charge in [-0.2, -0.15) is 0 Å². The first-order valence-electron chi connectivity index (χ1n) is 8.30. The number of amides is 3. The van der Waals surface area contributed by atoms with Gasteiger partial charge < -0.3 is 5.32 Å². The summed E-state index contributed by atoms with van der Waals surface area (Å²) in [5.41, 5.74) is 2.32. The lowest BCUT2D eigenvalue weighted by Gasteiger charge is -2.13. The van der Waals surface area contributed by atoms with Crippen LogP contribution in [0.15, 0.2) is 53.4 Å². The Labute approximate surface area is 166 Å². The van der Waals surface area contributed by atoms with Crippen LogP contribution in [0.5, 0.6) is 0 Å². The Morgan fingerprint density at radius 2 is 1.93 bits per heavy atom. The second-order valence-electron chi connectivity index (χ2n) is 6.01. The minimum absolute atomic E-state index is 0.125. The molecule has 1 aliphatic rings. The third-order valence-electron chi connectivity index (χ3n) is 3.94. The SMILES string of the molecule is Cc1cccc(C(=O)NCCN2C(=O)S/C(=C/c3ccc(Cl)cc3)C2=O)c1. The maximum absolute atomic E-state index is 12.5. The van der Waals surface area contributed by atoms with Crippen molar-refractivity contribution in [2.24, 2.45) is 0 Å². The first-order valence-corrected chi connectivity index (χ1v) is 9.49. The van der Waals surface area contributed by atoms with Gasteiger partial charge in [-0.3, -0.25) is 19.3 Å². The summed E-state index contributed by atoms with van der Waals surface area (Å²) in [5.74, 6) is -0.591. The van der Waals surface area contributed by atoms with Gasteiger partial charge in [0.15, 0.2) is 0 Å². The van der Waals surface area contributed by atoms with Gasteiger partial charge in [0.25, 0.3) is 17.1 Å². The molecule has 2 aromatic carbocycles. The number of aryl methyl sites for hydroxylation is 1. The first kappa shape index (κ1) is 19.2. The third kappa shape index (κ3) is 4.78. The molecule has 0 aliphatic carbocycles. The van der Waals surface area contributed by atoms with Crippen LogP contribution in [0.2, 0.25) is 5.02 Å². The highest BCUT2D eigenvalue weighted by molar-refractivity contribution is 8.18. The lowest BCUT2D eigenvalue weighted by molar-refractivity contribution is -0.122. The van der Waals surface area contributed by atoms with Crippen LogP contribution in [0.1, 0.15) is 21.5 Å². The third-order valence-corrected chi connectivity index (χ3v) is 5.10. The minimum Gasteiger partial charge on any atom is -0.350 e. The number of halogens is 1. The number of hydrogen-bond donors (Lipinski definition) is 1. The number of nitrogens with one attached hydrogen (secondary N) is 1. The van der Waals surface area contributed by atoms with Crippen molar-refractivity contribution < 1.29 is 14.4 Å². The Morgan fingerprint density at radius 3 is 2.63 bits per heavy atom. The summed E-state index contributed by atoms with van der Waals surface area (Å²) in [5, 5.41) is 3.00. The molecule has 0 spiro atoms. The number of thioether (sulfide) groups is 1. The van der Waals surface area contributed by atoms with Crippen LogP contribution in [-0.2, 0) is 4.79 Å². The Balaban J connectivity index is 1.59. The molecule has 0 bridgehead atoms. The van der Waals surface area contributed by atoms with E-state index in [9.17, 15) is 14.4 Å². The van der Waals surface area contributed by atoms with Crippen LogP contribution < -0.4 is 5.32 Å². The van der Waals surface area contributed by atoms with Crippen molar-refractivity contribution in [2.75, 3.05) is 13.1 Å². The Morgan fingerprint density at radius 1 is 1.19 bits per heavy atom. The van der Waals surface area contributed by atoms with Crippen LogP contribution in [0.25, 0.3) is 6.08 Å². The molecule has 2 aromatic rings. The summed E-state index contributed by atoms with van der Waals surface area (Å²) < 4.78 is 0. The van der Waals surface area contributed by atoms with Crippen LogP contribution in [0.3, 0.4) is 0 Å². The number of carbonyl (C=O) groups is 3. The fourth-order valence-electron chi connectivity index (χ4n) is 2.57. The number of nitrogens with zero attached hydrogens (tertiary/aromatic N) is 1. The first-order chi connectivity index (χ1) is 12.9. The molecule has 7 heteroatoms. The minimum atomic E-state index is -0.357. The Kier molecular flexibility index (Phi) is 5.98. The van der Waals surface area contributed by atoms with E-state index in [2.05, 4.69) is 5.32 Å². The normalized spacial score (nSPS) is 15.5. The van der Waals surface area contributed by atoms with Crippen molar-refractivity contribution in [3.8, 4) is 0 Å². The molecule has 138 valence electrons. The average molecular weight is 401 g/mol. The summed E-state index contributed by atoms with van der Waals surface area (Å²) in [7, 11) is 0. The topological polar surface area (TPSA) is 66.5 Å². The van der Waals surface area contributed by atoms with E-state index in [0.29, 0.717) is 15.5 Å². The van der Waals surface area contributed by atoms with Gasteiger partial charge in [0.05, 0.1) is 4.91 Å². The van der Waals surface area contributed by atoms with Gasteiger partial charge in [0.1, 0.15) is 0 Å². The molecule has 5 nitrogen and oxygen atoms in total. The van der Waals surface area contributed by atoms with E-state index in [1.165, 1.54) is 0 Å². The number of carbonyl (C=O) groups excluding carboxylic acids is 3. The summed E-state index contributed by atoms with van der Waals surface area (Å²) in [6.07, 6.45) is 1.66. The quantitative estimate of drug-likeness (QED) is 0.767. The van der Waals surface area contributed by atoms with Crippen LogP contribution >= 0.6 is 23.4 Å². The number of hydrogen-bond acceptors (Lipinski definition) is 4. The van der Waals surface area contributed by atoms with Gasteiger partial charge in [-0.1, -0.05) is 41.4 Å².